The average Bonchev–Trinajstić information content (AvgIpc) is 2.65. The van der Waals surface area contributed by atoms with E-state index in [0.717, 1.165) is 0 Å². The molecule has 0 radical (unpaired) electrons. The van der Waals surface area contributed by atoms with E-state index in [1.807, 2.05) is 0 Å². The molecule has 0 aliphatic carbocycles. The fourth-order valence-electron chi connectivity index (χ4n) is 2.46. The molecule has 155 valence electrons. The van der Waals surface area contributed by atoms with Gasteiger partial charge in [0.2, 0.25) is 0 Å². The molecule has 0 heterocycles. The normalized spacial score (nSPS) is 11.3. The second kappa shape index (κ2) is 16.9. The van der Waals surface area contributed by atoms with Crippen LogP contribution in [-0.2, 0) is 11.5 Å². The summed E-state index contributed by atoms with van der Waals surface area (Å²) in [5, 5.41) is 3.10. The van der Waals surface area contributed by atoms with Crippen LogP contribution >= 0.6 is 54.0 Å². The van der Waals surface area contributed by atoms with Crippen molar-refractivity contribution in [3.05, 3.63) is 60.7 Å². The molecule has 0 spiro atoms. The van der Waals surface area contributed by atoms with Crippen LogP contribution in [-0.4, -0.2) is 24.6 Å². The van der Waals surface area contributed by atoms with Gasteiger partial charge in [0.25, 0.3) is 0 Å². The van der Waals surface area contributed by atoms with Crippen LogP contribution in [0.3, 0.4) is 0 Å². The third-order valence-electron chi connectivity index (χ3n) is 3.77. The fourth-order valence-corrected chi connectivity index (χ4v) is 6.00. The summed E-state index contributed by atoms with van der Waals surface area (Å²) in [7, 11) is 20.4. The third-order valence-corrected chi connectivity index (χ3v) is 8.88. The number of benzene rings is 2. The molecule has 2 aromatic carbocycles. The quantitative estimate of drug-likeness (QED) is 0.273. The summed E-state index contributed by atoms with van der Waals surface area (Å²) in [6.07, 6.45) is 5.26. The first-order chi connectivity index (χ1) is 12.8. The monoisotopic (exact) mass is 659 g/mol. The molecule has 0 nitrogen and oxygen atoms in total. The van der Waals surface area contributed by atoms with Gasteiger partial charge in [-0.05, 0) is 35.3 Å². The van der Waals surface area contributed by atoms with Gasteiger partial charge in [-0.1, -0.05) is 104 Å². The van der Waals surface area contributed by atoms with E-state index < -0.39 is 11.5 Å². The summed E-state index contributed by atoms with van der Waals surface area (Å²) in [4.78, 5) is 0. The predicted molar refractivity (Wildman–Crippen MR) is 132 cm³/mol. The van der Waals surface area contributed by atoms with Crippen LogP contribution in [0.1, 0.15) is 27.7 Å². The van der Waals surface area contributed by atoms with Crippen molar-refractivity contribution >= 4 is 64.6 Å². The predicted octanol–water partition coefficient (Wildman–Crippen LogP) is 8.42. The van der Waals surface area contributed by atoms with Crippen molar-refractivity contribution in [1.82, 2.24) is 0 Å². The summed E-state index contributed by atoms with van der Waals surface area (Å²) in [5.41, 5.74) is 0. The first-order valence-corrected chi connectivity index (χ1v) is 25.8. The third kappa shape index (κ3) is 15.6. The second-order valence-corrected chi connectivity index (χ2v) is 34.6. The van der Waals surface area contributed by atoms with Gasteiger partial charge in [0.05, 0.1) is 0 Å². The zero-order valence-corrected chi connectivity index (χ0v) is 23.9. The van der Waals surface area contributed by atoms with Crippen molar-refractivity contribution in [2.45, 2.75) is 27.7 Å². The molecule has 0 fully saturated rings. The molecule has 2 aromatic rings. The fraction of sp³-hybridized carbons (Fsp3) is 0.400. The van der Waals surface area contributed by atoms with Gasteiger partial charge in [-0.25, -0.2) is 0 Å². The van der Waals surface area contributed by atoms with Gasteiger partial charge in [0, 0.05) is 0 Å². The molecule has 0 saturated heterocycles. The maximum atomic E-state index is 5.03. The first kappa shape index (κ1) is 28.1. The van der Waals surface area contributed by atoms with Crippen molar-refractivity contribution in [3.63, 3.8) is 0 Å². The second-order valence-electron chi connectivity index (χ2n) is 5.34. The Morgan fingerprint density at radius 3 is 0.963 bits per heavy atom. The molecule has 2 rings (SSSR count). The Bertz CT molecular complexity index is 518. The van der Waals surface area contributed by atoms with Crippen LogP contribution < -0.4 is 10.6 Å². The summed E-state index contributed by atoms with van der Waals surface area (Å²) < 4.78 is 0. The van der Waals surface area contributed by atoms with E-state index in [9.17, 15) is 0 Å². The molecule has 0 atom stereocenters. The van der Waals surface area contributed by atoms with Crippen LogP contribution in [0.2, 0.25) is 0 Å². The van der Waals surface area contributed by atoms with Crippen LogP contribution in [0.4, 0.5) is 0 Å². The number of hydrogen-bond acceptors (Lipinski definition) is 0. The van der Waals surface area contributed by atoms with Gasteiger partial charge in [-0.2, -0.15) is 0 Å². The van der Waals surface area contributed by atoms with E-state index >= 15 is 0 Å². The Morgan fingerprint density at radius 2 is 0.778 bits per heavy atom. The van der Waals surface area contributed by atoms with E-state index in [2.05, 4.69) is 88.4 Å². The van der Waals surface area contributed by atoms with E-state index in [4.69, 9.17) is 38.1 Å². The molecule has 0 N–H and O–H groups in total. The summed E-state index contributed by atoms with van der Waals surface area (Å²) >= 11 is -3.22. The number of hydrogen-bond donors (Lipinski definition) is 0. The van der Waals surface area contributed by atoms with E-state index in [0.29, 0.717) is 0 Å². The average molecular weight is 660 g/mol. The molecule has 27 heavy (non-hydrogen) atoms. The van der Waals surface area contributed by atoms with Crippen molar-refractivity contribution in [1.29, 1.82) is 0 Å². The van der Waals surface area contributed by atoms with Crippen molar-refractivity contribution < 1.29 is 11.5 Å². The molecule has 0 bridgehead atoms. The summed E-state index contributed by atoms with van der Waals surface area (Å²) in [6, 6.07) is 21.7. The van der Waals surface area contributed by atoms with Crippen molar-refractivity contribution in [3.8, 4) is 0 Å². The Hall–Kier alpha value is 1.12. The summed E-state index contributed by atoms with van der Waals surface area (Å²) in [6.45, 7) is 9.12. The molecular formula is C20H30Cl4P2Re. The van der Waals surface area contributed by atoms with Gasteiger partial charge in [-0.3, -0.25) is 0 Å². The summed E-state index contributed by atoms with van der Waals surface area (Å²) in [5.74, 6) is 0. The molecule has 0 unspecified atom stereocenters. The Labute approximate surface area is 187 Å². The first-order valence-electron chi connectivity index (χ1n) is 8.93. The van der Waals surface area contributed by atoms with Gasteiger partial charge in [0.1, 0.15) is 0 Å². The molecular weight excluding hydrogens is 630 g/mol. The molecule has 0 aromatic heterocycles. The van der Waals surface area contributed by atoms with Crippen LogP contribution in [0.25, 0.3) is 0 Å². The minimum atomic E-state index is -3.22. The molecule has 0 amide bonds. The Balaban J connectivity index is 0.000000405. The van der Waals surface area contributed by atoms with Gasteiger partial charge < -0.3 is 0 Å². The van der Waals surface area contributed by atoms with E-state index in [1.165, 1.54) is 24.6 Å². The SMILES string of the molecule is CCP(CC)c1ccccc1.CCP(CC)c1ccccc1.[Cl][Re]([Cl])([Cl])[Cl]. The van der Waals surface area contributed by atoms with Gasteiger partial charge >= 0.3 is 49.6 Å². The molecule has 7 heteroatoms. The van der Waals surface area contributed by atoms with Gasteiger partial charge in [0.15, 0.2) is 0 Å². The number of halogens is 4. The standard InChI is InChI=1S/2C10H15P.4ClH.Re/c2*1-3-11(4-2)10-8-6-5-7-9-10;;;;;/h2*5-9H,3-4H2,1-2H3;4*1H;/q;;;;;;+4/p-4. The van der Waals surface area contributed by atoms with Crippen LogP contribution in [0.5, 0.6) is 0 Å². The number of rotatable bonds is 6. The zero-order chi connectivity index (χ0) is 20.7. The van der Waals surface area contributed by atoms with E-state index in [1.54, 1.807) is 10.6 Å². The van der Waals surface area contributed by atoms with E-state index in [-0.39, 0.29) is 15.8 Å². The molecule has 0 saturated carbocycles. The minimum absolute atomic E-state index is 0.149. The maximum absolute atomic E-state index is 5.03. The Morgan fingerprint density at radius 1 is 0.556 bits per heavy atom. The Kier molecular flexibility index (Phi) is 17.6. The van der Waals surface area contributed by atoms with Crippen LogP contribution in [0, 0.1) is 0 Å². The molecule has 0 aliphatic rings. The zero-order valence-electron chi connectivity index (χ0n) is 16.4. The topological polar surface area (TPSA) is 0 Å². The molecule has 0 aliphatic heterocycles. The van der Waals surface area contributed by atoms with Crippen molar-refractivity contribution in [2.24, 2.45) is 0 Å². The van der Waals surface area contributed by atoms with Gasteiger partial charge in [-0.15, -0.1) is 0 Å². The van der Waals surface area contributed by atoms with Crippen LogP contribution in [0.15, 0.2) is 60.7 Å². The van der Waals surface area contributed by atoms with Crippen molar-refractivity contribution in [2.75, 3.05) is 24.6 Å².